The zero-order chi connectivity index (χ0) is 11.3. The number of quaternary nitrogens is 1. The van der Waals surface area contributed by atoms with E-state index in [0.717, 1.165) is 22.8 Å². The van der Waals surface area contributed by atoms with Gasteiger partial charge in [0.1, 0.15) is 6.61 Å². The summed E-state index contributed by atoms with van der Waals surface area (Å²) in [7, 11) is 0. The van der Waals surface area contributed by atoms with Crippen molar-refractivity contribution in [2.24, 2.45) is 5.84 Å². The monoisotopic (exact) mass is 209 g/mol. The van der Waals surface area contributed by atoms with Gasteiger partial charge in [0.15, 0.2) is 11.4 Å². The summed E-state index contributed by atoms with van der Waals surface area (Å²) in [6.07, 6.45) is 1.76. The minimum Gasteiger partial charge on any atom is -0.386 e. The molecule has 0 unspecified atom stereocenters. The molecule has 0 aromatic carbocycles. The van der Waals surface area contributed by atoms with Crippen molar-refractivity contribution >= 4 is 5.69 Å². The quantitative estimate of drug-likeness (QED) is 0.389. The number of nitrogens with zero attached hydrogens (tertiary/aromatic N) is 1. The van der Waals surface area contributed by atoms with E-state index in [1.807, 2.05) is 31.3 Å². The zero-order valence-corrected chi connectivity index (χ0v) is 8.99. The van der Waals surface area contributed by atoms with Gasteiger partial charge in [0, 0.05) is 11.8 Å². The van der Waals surface area contributed by atoms with Gasteiger partial charge in [-0.2, -0.15) is 0 Å². The van der Waals surface area contributed by atoms with Crippen molar-refractivity contribution in [3.63, 3.8) is 0 Å². The van der Waals surface area contributed by atoms with Crippen LogP contribution in [0.25, 0.3) is 0 Å². The summed E-state index contributed by atoms with van der Waals surface area (Å²) in [6.45, 7) is 3.69. The van der Waals surface area contributed by atoms with E-state index in [0.29, 0.717) is 0 Å². The molecule has 0 aliphatic carbocycles. The van der Waals surface area contributed by atoms with Crippen LogP contribution < -0.4 is 16.6 Å². The third-order valence-corrected chi connectivity index (χ3v) is 2.14. The number of aryl methyl sites for hydroxylation is 1. The molecule has 5 heteroatoms. The molecule has 15 heavy (non-hydrogen) atoms. The van der Waals surface area contributed by atoms with E-state index in [2.05, 4.69) is 10.4 Å². The molecule has 0 radical (unpaired) electrons. The summed E-state index contributed by atoms with van der Waals surface area (Å²) < 4.78 is 0. The Kier molecular flexibility index (Phi) is 4.23. The van der Waals surface area contributed by atoms with Gasteiger partial charge in [-0.25, -0.2) is 0 Å². The fourth-order valence-electron chi connectivity index (χ4n) is 1.13. The third kappa shape index (κ3) is 3.32. The number of aliphatic hydroxyl groups is 1. The van der Waals surface area contributed by atoms with Crippen molar-refractivity contribution in [1.29, 1.82) is 0 Å². The lowest BCUT2D eigenvalue weighted by Gasteiger charge is -2.06. The zero-order valence-electron chi connectivity index (χ0n) is 8.99. The highest BCUT2D eigenvalue weighted by molar-refractivity contribution is 5.26. The average Bonchev–Trinajstić information content (AvgIpc) is 2.27. The second kappa shape index (κ2) is 5.45. The number of nitrogens with two attached hydrogens (primary N) is 2. The summed E-state index contributed by atoms with van der Waals surface area (Å²) in [5.74, 6) is 5.27. The van der Waals surface area contributed by atoms with Crippen molar-refractivity contribution in [3.05, 3.63) is 35.4 Å². The summed E-state index contributed by atoms with van der Waals surface area (Å²) >= 11 is 0. The average molecular weight is 209 g/mol. The summed E-state index contributed by atoms with van der Waals surface area (Å²) in [4.78, 5) is 4.16. The van der Waals surface area contributed by atoms with Gasteiger partial charge >= 0.3 is 0 Å². The van der Waals surface area contributed by atoms with E-state index in [1.54, 1.807) is 6.20 Å². The first kappa shape index (κ1) is 11.6. The molecule has 0 amide bonds. The lowest BCUT2D eigenvalue weighted by Crippen LogP contribution is -2.77. The molecule has 0 saturated carbocycles. The number of pyridine rings is 1. The standard InChI is InChI=1S/C10H16N4O/c1-7-3-4-9(5-12-7)13-10(6-15)8(2)14-11/h3-5,13-15H,6,11H2,1-2H3/p+1/b10-8-. The molecular weight excluding hydrogens is 192 g/mol. The molecule has 0 spiro atoms. The minimum atomic E-state index is -0.0517. The number of hydrogen-bond donors (Lipinski definition) is 4. The normalized spacial score (nSPS) is 12.3. The lowest BCUT2D eigenvalue weighted by atomic mass is 10.3. The predicted molar refractivity (Wildman–Crippen MR) is 57.7 cm³/mol. The Balaban J connectivity index is 2.80. The lowest BCUT2D eigenvalue weighted by molar-refractivity contribution is -0.523. The highest BCUT2D eigenvalue weighted by atomic mass is 16.3. The van der Waals surface area contributed by atoms with Gasteiger partial charge in [0.25, 0.3) is 0 Å². The van der Waals surface area contributed by atoms with Crippen LogP contribution in [0.5, 0.6) is 0 Å². The van der Waals surface area contributed by atoms with Crippen LogP contribution in [-0.2, 0) is 0 Å². The van der Waals surface area contributed by atoms with Crippen LogP contribution >= 0.6 is 0 Å². The molecule has 0 bridgehead atoms. The van der Waals surface area contributed by atoms with Crippen molar-refractivity contribution < 1.29 is 10.4 Å². The Morgan fingerprint density at radius 2 is 2.33 bits per heavy atom. The Hall–Kier alpha value is -1.43. The van der Waals surface area contributed by atoms with Gasteiger partial charge in [-0.3, -0.25) is 16.1 Å². The van der Waals surface area contributed by atoms with Crippen molar-refractivity contribution in [2.45, 2.75) is 13.8 Å². The number of hydrogen-bond acceptors (Lipinski definition) is 4. The van der Waals surface area contributed by atoms with Crippen LogP contribution in [-0.4, -0.2) is 16.7 Å². The molecule has 6 N–H and O–H groups in total. The smallest absolute Gasteiger partial charge is 0.156 e. The van der Waals surface area contributed by atoms with E-state index in [1.165, 1.54) is 0 Å². The van der Waals surface area contributed by atoms with Crippen LogP contribution in [0, 0.1) is 6.92 Å². The first-order chi connectivity index (χ1) is 7.17. The Morgan fingerprint density at radius 1 is 1.60 bits per heavy atom. The highest BCUT2D eigenvalue weighted by Crippen LogP contribution is 2.00. The minimum absolute atomic E-state index is 0.0517. The van der Waals surface area contributed by atoms with Gasteiger partial charge in [-0.15, -0.1) is 0 Å². The fourth-order valence-corrected chi connectivity index (χ4v) is 1.13. The van der Waals surface area contributed by atoms with Crippen LogP contribution in [0.3, 0.4) is 0 Å². The molecule has 0 aliphatic rings. The largest absolute Gasteiger partial charge is 0.386 e. The fraction of sp³-hybridized carbons (Fsp3) is 0.300. The van der Waals surface area contributed by atoms with E-state index >= 15 is 0 Å². The predicted octanol–water partition coefficient (Wildman–Crippen LogP) is -0.728. The number of hydrazine groups is 1. The molecule has 0 atom stereocenters. The molecule has 0 fully saturated rings. The van der Waals surface area contributed by atoms with Crippen molar-refractivity contribution in [2.75, 3.05) is 6.61 Å². The maximum atomic E-state index is 9.14. The second-order valence-corrected chi connectivity index (χ2v) is 3.33. The van der Waals surface area contributed by atoms with Gasteiger partial charge in [-0.1, -0.05) is 0 Å². The topological polar surface area (TPSA) is 87.8 Å². The first-order valence-corrected chi connectivity index (χ1v) is 4.72. The van der Waals surface area contributed by atoms with Gasteiger partial charge in [0.2, 0.25) is 0 Å². The van der Waals surface area contributed by atoms with Crippen LogP contribution in [0.2, 0.25) is 0 Å². The molecule has 1 rings (SSSR count). The maximum absolute atomic E-state index is 9.14. The molecule has 0 aliphatic heterocycles. The summed E-state index contributed by atoms with van der Waals surface area (Å²) in [5, 5.41) is 11.0. The van der Waals surface area contributed by atoms with Gasteiger partial charge < -0.3 is 10.5 Å². The van der Waals surface area contributed by atoms with Crippen LogP contribution in [0.15, 0.2) is 29.7 Å². The number of aromatic nitrogens is 1. The van der Waals surface area contributed by atoms with Gasteiger partial charge in [-0.05, 0) is 19.9 Å². The van der Waals surface area contributed by atoms with E-state index in [4.69, 9.17) is 10.9 Å². The third-order valence-electron chi connectivity index (χ3n) is 2.14. The Morgan fingerprint density at radius 3 is 2.80 bits per heavy atom. The van der Waals surface area contributed by atoms with Crippen LogP contribution in [0.4, 0.5) is 5.69 Å². The highest BCUT2D eigenvalue weighted by Gasteiger charge is 2.07. The molecule has 82 valence electrons. The number of nitrogens with one attached hydrogen (secondary N) is 1. The van der Waals surface area contributed by atoms with Crippen molar-refractivity contribution in [1.82, 2.24) is 10.4 Å². The summed E-state index contributed by atoms with van der Waals surface area (Å²) in [5.41, 5.74) is 5.93. The maximum Gasteiger partial charge on any atom is 0.156 e. The summed E-state index contributed by atoms with van der Waals surface area (Å²) in [6, 6.07) is 3.87. The molecule has 0 saturated heterocycles. The van der Waals surface area contributed by atoms with Crippen molar-refractivity contribution in [3.8, 4) is 0 Å². The second-order valence-electron chi connectivity index (χ2n) is 3.33. The van der Waals surface area contributed by atoms with E-state index in [-0.39, 0.29) is 6.61 Å². The van der Waals surface area contributed by atoms with Crippen LogP contribution in [0.1, 0.15) is 12.6 Å². The Labute approximate surface area is 89.0 Å². The SMILES string of the molecule is C/C(NN)=C(\CO)[NH2+]c1ccc(C)nc1. The number of aliphatic hydroxyl groups excluding tert-OH is 1. The van der Waals surface area contributed by atoms with E-state index < -0.39 is 0 Å². The molecule has 1 aromatic heterocycles. The number of allylic oxidation sites excluding steroid dienone is 1. The van der Waals surface area contributed by atoms with E-state index in [9.17, 15) is 0 Å². The molecule has 1 heterocycles. The Bertz CT molecular complexity index is 345. The molecule has 5 nitrogen and oxygen atoms in total. The number of rotatable bonds is 4. The van der Waals surface area contributed by atoms with Gasteiger partial charge in [0.05, 0.1) is 11.9 Å². The molecular formula is C10H17N4O+. The first-order valence-electron chi connectivity index (χ1n) is 4.72. The molecule has 1 aromatic rings.